The Hall–Kier alpha value is 0.347. The number of nitrogens with two attached hydrogens (primary N) is 1. The van der Waals surface area contributed by atoms with Crippen molar-refractivity contribution >= 4 is 21.2 Å². The largest absolute Gasteiger partial charge is 0.521 e. The van der Waals surface area contributed by atoms with Crippen molar-refractivity contribution in [3.05, 3.63) is 0 Å². The summed E-state index contributed by atoms with van der Waals surface area (Å²) in [6, 6.07) is 0. The van der Waals surface area contributed by atoms with Gasteiger partial charge in [-0.3, -0.25) is 0 Å². The second-order valence-corrected chi connectivity index (χ2v) is 13.7. The molecule has 32 heavy (non-hydrogen) atoms. The van der Waals surface area contributed by atoms with E-state index in [0.717, 1.165) is 6.42 Å². The first-order valence-electron chi connectivity index (χ1n) is 13.2. The second kappa shape index (κ2) is 19.6. The van der Waals surface area contributed by atoms with Crippen molar-refractivity contribution in [3.8, 4) is 0 Å². The Labute approximate surface area is 208 Å². The molecule has 4 nitrogen and oxygen atoms in total. The lowest BCUT2D eigenvalue weighted by Crippen LogP contribution is -2.73. The smallest absolute Gasteiger partial charge is 0.376 e. The zero-order valence-corrected chi connectivity index (χ0v) is 24.5. The summed E-state index contributed by atoms with van der Waals surface area (Å²) in [5.41, 5.74) is 6.64. The van der Waals surface area contributed by atoms with Gasteiger partial charge in [0.2, 0.25) is 0 Å². The van der Waals surface area contributed by atoms with Crippen LogP contribution < -0.4 is 5.73 Å². The van der Waals surface area contributed by atoms with Crippen LogP contribution in [0.1, 0.15) is 137 Å². The Morgan fingerprint density at radius 1 is 0.562 bits per heavy atom. The van der Waals surface area contributed by atoms with Gasteiger partial charge >= 0.3 is 8.80 Å². The molecule has 0 aliphatic heterocycles. The molecule has 0 fully saturated rings. The molecule has 6 heteroatoms. The molecule has 0 amide bonds. The summed E-state index contributed by atoms with van der Waals surface area (Å²) in [6.45, 7) is 8.76. The van der Waals surface area contributed by atoms with Gasteiger partial charge in [-0.1, -0.05) is 124 Å². The lowest BCUT2D eigenvalue weighted by molar-refractivity contribution is 0.0548. The van der Waals surface area contributed by atoms with Gasteiger partial charge in [-0.25, -0.2) is 0 Å². The van der Waals surface area contributed by atoms with Gasteiger partial charge in [-0.05, 0) is 18.8 Å². The standard InChI is InChI=1S/C26H57NO3Si.ClH/c1-8-9-10-11-12-13-14-15-16-17-18-19-20-21-22-23-24-25(2,3)26(4,27)31(28-5,29-6)30-7;/h8-24,27H2,1-7H3;1H. The minimum atomic E-state index is -2.91. The molecule has 1 atom stereocenters. The van der Waals surface area contributed by atoms with Crippen molar-refractivity contribution in [2.75, 3.05) is 21.3 Å². The van der Waals surface area contributed by atoms with Gasteiger partial charge < -0.3 is 19.0 Å². The predicted octanol–water partition coefficient (Wildman–Crippen LogP) is 8.22. The molecule has 0 radical (unpaired) electrons. The lowest BCUT2D eigenvalue weighted by atomic mass is 9.80. The van der Waals surface area contributed by atoms with Gasteiger partial charge in [0.25, 0.3) is 0 Å². The van der Waals surface area contributed by atoms with Gasteiger partial charge in [-0.2, -0.15) is 0 Å². The van der Waals surface area contributed by atoms with Crippen molar-refractivity contribution in [1.29, 1.82) is 0 Å². The van der Waals surface area contributed by atoms with Crippen LogP contribution in [0.2, 0.25) is 0 Å². The van der Waals surface area contributed by atoms with E-state index in [1.807, 2.05) is 6.92 Å². The van der Waals surface area contributed by atoms with Crippen LogP contribution in [-0.4, -0.2) is 35.3 Å². The molecule has 0 heterocycles. The van der Waals surface area contributed by atoms with Crippen molar-refractivity contribution < 1.29 is 13.3 Å². The minimum Gasteiger partial charge on any atom is -0.376 e. The normalized spacial score (nSPS) is 14.2. The third kappa shape index (κ3) is 12.2. The van der Waals surface area contributed by atoms with E-state index in [0.29, 0.717) is 0 Å². The maximum atomic E-state index is 6.76. The highest BCUT2D eigenvalue weighted by Gasteiger charge is 2.61. The summed E-state index contributed by atoms with van der Waals surface area (Å²) in [5.74, 6) is 0. The SMILES string of the molecule is CCCCCCCCCCCCCCCCCCC(C)(C)C(C)(N)[Si](OC)(OC)OC.Cl. The van der Waals surface area contributed by atoms with E-state index in [2.05, 4.69) is 20.8 Å². The third-order valence-electron chi connectivity index (χ3n) is 7.50. The van der Waals surface area contributed by atoms with E-state index < -0.39 is 14.0 Å². The molecule has 0 rings (SSSR count). The lowest BCUT2D eigenvalue weighted by Gasteiger charge is -2.48. The van der Waals surface area contributed by atoms with Crippen LogP contribution in [0.5, 0.6) is 0 Å². The Kier molecular flexibility index (Phi) is 21.2. The summed E-state index contributed by atoms with van der Waals surface area (Å²) < 4.78 is 17.1. The van der Waals surface area contributed by atoms with Crippen LogP contribution in [0.3, 0.4) is 0 Å². The molecule has 1 unspecified atom stereocenters. The van der Waals surface area contributed by atoms with Crippen LogP contribution in [0, 0.1) is 5.41 Å². The summed E-state index contributed by atoms with van der Waals surface area (Å²) in [7, 11) is 2.03. The van der Waals surface area contributed by atoms with Crippen LogP contribution >= 0.6 is 12.4 Å². The van der Waals surface area contributed by atoms with Crippen LogP contribution in [-0.2, 0) is 13.3 Å². The maximum Gasteiger partial charge on any atom is 0.521 e. The molecule has 2 N–H and O–H groups in total. The molecule has 0 saturated heterocycles. The molecule has 0 aromatic rings. The van der Waals surface area contributed by atoms with Crippen LogP contribution in [0.15, 0.2) is 0 Å². The molecule has 0 aromatic heterocycles. The number of halogens is 1. The zero-order valence-electron chi connectivity index (χ0n) is 22.7. The average molecular weight is 496 g/mol. The summed E-state index contributed by atoms with van der Waals surface area (Å²) in [4.78, 5) is 0. The molecule has 0 bridgehead atoms. The van der Waals surface area contributed by atoms with E-state index in [1.165, 1.54) is 103 Å². The summed E-state index contributed by atoms with van der Waals surface area (Å²) >= 11 is 0. The summed E-state index contributed by atoms with van der Waals surface area (Å²) in [6.07, 6.45) is 23.3. The minimum absolute atomic E-state index is 0. The van der Waals surface area contributed by atoms with E-state index in [9.17, 15) is 0 Å². The highest BCUT2D eigenvalue weighted by Crippen LogP contribution is 2.41. The van der Waals surface area contributed by atoms with Gasteiger partial charge in [0, 0.05) is 21.3 Å². The molecule has 0 saturated carbocycles. The van der Waals surface area contributed by atoms with E-state index in [4.69, 9.17) is 19.0 Å². The first-order valence-corrected chi connectivity index (χ1v) is 14.9. The monoisotopic (exact) mass is 495 g/mol. The van der Waals surface area contributed by atoms with Gasteiger partial charge in [-0.15, -0.1) is 12.4 Å². The summed E-state index contributed by atoms with van der Waals surface area (Å²) in [5, 5.41) is -0.631. The highest BCUT2D eigenvalue weighted by atomic mass is 35.5. The molecular weight excluding hydrogens is 438 g/mol. The first kappa shape index (κ1) is 34.5. The van der Waals surface area contributed by atoms with Gasteiger partial charge in [0.1, 0.15) is 0 Å². The van der Waals surface area contributed by atoms with Gasteiger partial charge in [0.15, 0.2) is 0 Å². The van der Waals surface area contributed by atoms with Crippen LogP contribution in [0.4, 0.5) is 0 Å². The van der Waals surface area contributed by atoms with Crippen LogP contribution in [0.25, 0.3) is 0 Å². The van der Waals surface area contributed by atoms with Crippen molar-refractivity contribution in [3.63, 3.8) is 0 Å². The van der Waals surface area contributed by atoms with E-state index in [-0.39, 0.29) is 17.8 Å². The van der Waals surface area contributed by atoms with E-state index >= 15 is 0 Å². The molecule has 0 spiro atoms. The van der Waals surface area contributed by atoms with Crippen molar-refractivity contribution in [1.82, 2.24) is 0 Å². The van der Waals surface area contributed by atoms with Crippen molar-refractivity contribution in [2.24, 2.45) is 11.1 Å². The topological polar surface area (TPSA) is 53.7 Å². The Morgan fingerprint density at radius 2 is 0.844 bits per heavy atom. The third-order valence-corrected chi connectivity index (χ3v) is 11.1. The second-order valence-electron chi connectivity index (χ2n) is 10.3. The van der Waals surface area contributed by atoms with Crippen molar-refractivity contribution in [2.45, 2.75) is 142 Å². The van der Waals surface area contributed by atoms with Gasteiger partial charge in [0.05, 0.1) is 5.16 Å². The molecule has 0 aromatic carbocycles. The first-order chi connectivity index (χ1) is 14.7. The zero-order chi connectivity index (χ0) is 23.6. The predicted molar refractivity (Wildman–Crippen MR) is 145 cm³/mol. The quantitative estimate of drug-likeness (QED) is 0.121. The molecule has 0 aliphatic rings. The number of rotatable bonds is 22. The average Bonchev–Trinajstić information content (AvgIpc) is 2.74. The van der Waals surface area contributed by atoms with E-state index in [1.54, 1.807) is 21.3 Å². The molecule has 196 valence electrons. The molecule has 0 aliphatic carbocycles. The fourth-order valence-corrected chi connectivity index (χ4v) is 7.40. The highest BCUT2D eigenvalue weighted by molar-refractivity contribution is 6.64. The maximum absolute atomic E-state index is 6.76. The fraction of sp³-hybridized carbons (Fsp3) is 1.00. The number of unbranched alkanes of at least 4 members (excludes halogenated alkanes) is 15. The Balaban J connectivity index is 0. The number of hydrogen-bond acceptors (Lipinski definition) is 4. The molecular formula is C26H58ClNO3Si. The Morgan fingerprint density at radius 3 is 1.12 bits per heavy atom. The number of hydrogen-bond donors (Lipinski definition) is 1. The fourth-order valence-electron chi connectivity index (χ4n) is 4.68. The Bertz CT molecular complexity index is 410.